The molecule has 0 aliphatic rings. The summed E-state index contributed by atoms with van der Waals surface area (Å²) in [5.41, 5.74) is 2.14. The van der Waals surface area contributed by atoms with E-state index >= 15 is 0 Å². The van der Waals surface area contributed by atoms with E-state index in [9.17, 15) is 26.4 Å². The Morgan fingerprint density at radius 2 is 1.71 bits per heavy atom. The summed E-state index contributed by atoms with van der Waals surface area (Å²) in [5, 5.41) is 6.93. The van der Waals surface area contributed by atoms with Crippen molar-refractivity contribution in [2.75, 3.05) is 11.9 Å². The van der Waals surface area contributed by atoms with Crippen molar-refractivity contribution in [1.29, 1.82) is 0 Å². The molecule has 0 spiro atoms. The van der Waals surface area contributed by atoms with Gasteiger partial charge in [0.15, 0.2) is 0 Å². The Kier molecular flexibility index (Phi) is 6.46. The Morgan fingerprint density at radius 3 is 2.29 bits per heavy atom. The minimum atomic E-state index is -4.66. The molecule has 0 fully saturated rings. The summed E-state index contributed by atoms with van der Waals surface area (Å²) in [7, 11) is -4.32. The molecule has 11 heteroatoms. The predicted octanol–water partition coefficient (Wildman–Crippen LogP) is 3.53. The first-order valence-electron chi connectivity index (χ1n) is 9.21. The molecule has 1 heterocycles. The van der Waals surface area contributed by atoms with Gasteiger partial charge >= 0.3 is 6.18 Å². The molecule has 0 radical (unpaired) electrons. The number of nitrogens with zero attached hydrogens (tertiary/aromatic N) is 2. The molecule has 2 N–H and O–H groups in total. The van der Waals surface area contributed by atoms with Gasteiger partial charge in [-0.25, -0.2) is 17.8 Å². The molecule has 164 valence electrons. The highest BCUT2D eigenvalue weighted by molar-refractivity contribution is 7.89. The molecule has 1 aromatic heterocycles. The van der Waals surface area contributed by atoms with E-state index in [1.54, 1.807) is 4.68 Å². The van der Waals surface area contributed by atoms with Crippen LogP contribution in [0.2, 0.25) is 0 Å². The fourth-order valence-electron chi connectivity index (χ4n) is 2.87. The third kappa shape index (κ3) is 5.50. The molecule has 3 aromatic rings. The van der Waals surface area contributed by atoms with Gasteiger partial charge in [0.2, 0.25) is 10.0 Å². The lowest BCUT2D eigenvalue weighted by molar-refractivity contribution is -0.121. The largest absolute Gasteiger partial charge is 0.402 e. The molecule has 0 unspecified atom stereocenters. The van der Waals surface area contributed by atoms with Crippen LogP contribution < -0.4 is 10.0 Å². The average molecular weight is 452 g/mol. The first-order chi connectivity index (χ1) is 14.6. The summed E-state index contributed by atoms with van der Waals surface area (Å²) in [5.74, 6) is -0.440. The number of hydrogen-bond donors (Lipinski definition) is 2. The molecule has 0 saturated heterocycles. The van der Waals surface area contributed by atoms with Crippen LogP contribution in [0.15, 0.2) is 65.7 Å². The summed E-state index contributed by atoms with van der Waals surface area (Å²) in [6.45, 7) is 0.222. The van der Waals surface area contributed by atoms with Crippen LogP contribution in [0.4, 0.5) is 18.9 Å². The first kappa shape index (κ1) is 22.5. The van der Waals surface area contributed by atoms with Crippen LogP contribution in [0, 0.1) is 0 Å². The van der Waals surface area contributed by atoms with Gasteiger partial charge in [-0.3, -0.25) is 4.79 Å². The molecule has 0 atom stereocenters. The number of aromatic nitrogens is 2. The van der Waals surface area contributed by atoms with Crippen LogP contribution >= 0.6 is 0 Å². The van der Waals surface area contributed by atoms with Gasteiger partial charge in [0.25, 0.3) is 5.91 Å². The van der Waals surface area contributed by atoms with E-state index in [1.165, 1.54) is 23.1 Å². The summed E-state index contributed by atoms with van der Waals surface area (Å²) in [6, 6.07) is 14.1. The lowest BCUT2D eigenvalue weighted by atomic mass is 10.2. The van der Waals surface area contributed by atoms with Gasteiger partial charge < -0.3 is 5.32 Å². The molecule has 0 aliphatic carbocycles. The zero-order valence-electron chi connectivity index (χ0n) is 16.3. The number of sulfonamides is 1. The Hall–Kier alpha value is -3.18. The average Bonchev–Trinajstić information content (AvgIpc) is 3.17. The summed E-state index contributed by atoms with van der Waals surface area (Å²) >= 11 is 0. The summed E-state index contributed by atoms with van der Waals surface area (Å²) < 4.78 is 63.8. The minimum absolute atomic E-state index is 0.286. The van der Waals surface area contributed by atoms with Crippen LogP contribution in [0.5, 0.6) is 0 Å². The van der Waals surface area contributed by atoms with Crippen LogP contribution in [-0.4, -0.2) is 36.8 Å². The van der Waals surface area contributed by atoms with E-state index in [0.29, 0.717) is 17.7 Å². The zero-order valence-corrected chi connectivity index (χ0v) is 17.2. The van der Waals surface area contributed by atoms with Gasteiger partial charge in [0, 0.05) is 5.69 Å². The van der Waals surface area contributed by atoms with Crippen LogP contribution in [0.25, 0.3) is 5.69 Å². The monoisotopic (exact) mass is 452 g/mol. The maximum Gasteiger partial charge on any atom is 0.402 e. The van der Waals surface area contributed by atoms with Crippen molar-refractivity contribution >= 4 is 21.6 Å². The van der Waals surface area contributed by atoms with E-state index < -0.39 is 28.7 Å². The normalized spacial score (nSPS) is 12.0. The molecular formula is C20H19F3N4O3S. The Labute approximate surface area is 176 Å². The lowest BCUT2D eigenvalue weighted by Crippen LogP contribution is -2.33. The fourth-order valence-corrected chi connectivity index (χ4v) is 3.89. The number of rotatable bonds is 7. The second-order valence-corrected chi connectivity index (χ2v) is 8.29. The Bertz CT molecular complexity index is 1160. The number of benzene rings is 2. The lowest BCUT2D eigenvalue weighted by Gasteiger charge is -2.11. The van der Waals surface area contributed by atoms with E-state index in [2.05, 4.69) is 10.4 Å². The van der Waals surface area contributed by atoms with E-state index in [-0.39, 0.29) is 10.6 Å². The van der Waals surface area contributed by atoms with Crippen molar-refractivity contribution in [1.82, 2.24) is 14.5 Å². The smallest absolute Gasteiger partial charge is 0.322 e. The highest BCUT2D eigenvalue weighted by Gasteiger charge is 2.30. The van der Waals surface area contributed by atoms with Crippen LogP contribution in [0.3, 0.4) is 0 Å². The van der Waals surface area contributed by atoms with Crippen LogP contribution in [-0.2, 0) is 16.4 Å². The van der Waals surface area contributed by atoms with Gasteiger partial charge in [0.05, 0.1) is 28.0 Å². The van der Waals surface area contributed by atoms with Crippen molar-refractivity contribution in [3.63, 3.8) is 0 Å². The van der Waals surface area contributed by atoms with Gasteiger partial charge in [-0.05, 0) is 42.8 Å². The maximum absolute atomic E-state index is 12.7. The molecule has 0 saturated carbocycles. The summed E-state index contributed by atoms with van der Waals surface area (Å²) in [6.07, 6.45) is -2.68. The number of carbonyl (C=O) groups is 1. The van der Waals surface area contributed by atoms with Gasteiger partial charge in [-0.15, -0.1) is 0 Å². The van der Waals surface area contributed by atoms with Gasteiger partial charge in [-0.2, -0.15) is 18.3 Å². The maximum atomic E-state index is 12.7. The number of amides is 1. The SMILES string of the molecule is CCc1c(C(=O)Nc2ccc(S(=O)(=O)NCC(F)(F)F)cc2)cnn1-c1ccccc1. The molecule has 0 aliphatic heterocycles. The van der Waals surface area contributed by atoms with Gasteiger partial charge in [-0.1, -0.05) is 25.1 Å². The zero-order chi connectivity index (χ0) is 22.6. The molecular weight excluding hydrogens is 433 g/mol. The van der Waals surface area contributed by atoms with Crippen molar-refractivity contribution < 1.29 is 26.4 Å². The number of halogens is 3. The van der Waals surface area contributed by atoms with Crippen molar-refractivity contribution in [2.45, 2.75) is 24.4 Å². The van der Waals surface area contributed by atoms with Crippen molar-refractivity contribution in [3.05, 3.63) is 72.1 Å². The first-order valence-corrected chi connectivity index (χ1v) is 10.7. The number of carbonyl (C=O) groups excluding carboxylic acids is 1. The van der Waals surface area contributed by atoms with E-state index in [4.69, 9.17) is 0 Å². The van der Waals surface area contributed by atoms with Crippen LogP contribution in [0.1, 0.15) is 23.0 Å². The van der Waals surface area contributed by atoms with E-state index in [1.807, 2.05) is 37.3 Å². The standard InChI is InChI=1S/C20H19F3N4O3S/c1-2-18-17(12-24-27(18)15-6-4-3-5-7-15)19(28)26-14-8-10-16(11-9-14)31(29,30)25-13-20(21,22)23/h3-12,25H,2,13H2,1H3,(H,26,28). The molecule has 3 rings (SSSR count). The number of para-hydroxylation sites is 1. The molecule has 7 nitrogen and oxygen atoms in total. The third-order valence-electron chi connectivity index (χ3n) is 4.33. The number of alkyl halides is 3. The van der Waals surface area contributed by atoms with Crippen molar-refractivity contribution in [2.24, 2.45) is 0 Å². The predicted molar refractivity (Wildman–Crippen MR) is 109 cm³/mol. The number of hydrogen-bond acceptors (Lipinski definition) is 4. The van der Waals surface area contributed by atoms with E-state index in [0.717, 1.165) is 17.8 Å². The highest BCUT2D eigenvalue weighted by atomic mass is 32.2. The van der Waals surface area contributed by atoms with Crippen molar-refractivity contribution in [3.8, 4) is 5.69 Å². The summed E-state index contributed by atoms with van der Waals surface area (Å²) in [4.78, 5) is 12.4. The number of nitrogens with one attached hydrogen (secondary N) is 2. The second-order valence-electron chi connectivity index (χ2n) is 6.52. The quantitative estimate of drug-likeness (QED) is 0.574. The third-order valence-corrected chi connectivity index (χ3v) is 5.75. The Balaban J connectivity index is 1.75. The molecule has 2 aromatic carbocycles. The minimum Gasteiger partial charge on any atom is -0.322 e. The number of anilines is 1. The Morgan fingerprint density at radius 1 is 1.06 bits per heavy atom. The highest BCUT2D eigenvalue weighted by Crippen LogP contribution is 2.20. The topological polar surface area (TPSA) is 93.1 Å². The fraction of sp³-hybridized carbons (Fsp3) is 0.200. The molecule has 1 amide bonds. The second kappa shape index (κ2) is 8.90. The van der Waals surface area contributed by atoms with Gasteiger partial charge in [0.1, 0.15) is 6.54 Å². The molecule has 31 heavy (non-hydrogen) atoms. The molecule has 0 bridgehead atoms.